The Balaban J connectivity index is 2.67. The summed E-state index contributed by atoms with van der Waals surface area (Å²) in [6.45, 7) is 0.966. The Morgan fingerprint density at radius 2 is 1.86 bits per heavy atom. The molecule has 0 saturated heterocycles. The van der Waals surface area contributed by atoms with Gasteiger partial charge < -0.3 is 10.8 Å². The smallest absolute Gasteiger partial charge is 0.393 e. The Hall–Kier alpha value is -2.20. The second-order valence-corrected chi connectivity index (χ2v) is 6.90. The lowest BCUT2D eigenvalue weighted by atomic mass is 9.89. The zero-order chi connectivity index (χ0) is 21.5. The minimum atomic E-state index is -4.47. The van der Waals surface area contributed by atoms with Crippen LogP contribution in [0.2, 0.25) is 0 Å². The Morgan fingerprint density at radius 1 is 1.21 bits per heavy atom. The van der Waals surface area contributed by atoms with E-state index in [1.54, 1.807) is 0 Å². The quantitative estimate of drug-likeness (QED) is 0.271. The molecule has 1 aromatic rings. The highest BCUT2D eigenvalue weighted by molar-refractivity contribution is 5.83. The van der Waals surface area contributed by atoms with Crippen molar-refractivity contribution < 1.29 is 37.5 Å². The first-order chi connectivity index (χ1) is 12.9. The Labute approximate surface area is 159 Å². The number of primary amides is 1. The summed E-state index contributed by atoms with van der Waals surface area (Å²) in [5.41, 5.74) is 3.56. The number of alkyl halides is 4. The van der Waals surface area contributed by atoms with Crippen molar-refractivity contribution in [3.8, 4) is 0 Å². The van der Waals surface area contributed by atoms with Crippen LogP contribution < -0.4 is 11.2 Å². The third-order valence-corrected chi connectivity index (χ3v) is 4.53. The average molecular weight is 408 g/mol. The zero-order valence-electron chi connectivity index (χ0n) is 15.3. The molecule has 0 aliphatic carbocycles. The molecule has 0 aliphatic rings. The standard InChI is InChI=1S/C18H24F4N2O4/c1-17(19,16(23)27)8-7-12(15(26)24-28)10-14(25)6-5-11-3-2-4-13(9-11)18(20,21)22/h2-4,9,12,14,25,28H,5-8,10H2,1H3,(H2,23,27)(H,24,26). The molecule has 0 aromatic heterocycles. The fourth-order valence-electron chi connectivity index (χ4n) is 2.70. The minimum absolute atomic E-state index is 0.0548. The van der Waals surface area contributed by atoms with Gasteiger partial charge in [-0.05, 0) is 50.7 Å². The number of hydroxylamine groups is 1. The molecule has 0 radical (unpaired) electrons. The van der Waals surface area contributed by atoms with Gasteiger partial charge in [0.1, 0.15) is 0 Å². The largest absolute Gasteiger partial charge is 0.416 e. The van der Waals surface area contributed by atoms with E-state index < -0.39 is 41.2 Å². The maximum absolute atomic E-state index is 14.0. The summed E-state index contributed by atoms with van der Waals surface area (Å²) in [6, 6.07) is 4.67. The van der Waals surface area contributed by atoms with Crippen LogP contribution in [0.25, 0.3) is 0 Å². The highest BCUT2D eigenvalue weighted by Gasteiger charge is 2.33. The number of carbonyl (C=O) groups excluding carboxylic acids is 2. The van der Waals surface area contributed by atoms with Gasteiger partial charge in [0.2, 0.25) is 5.91 Å². The van der Waals surface area contributed by atoms with E-state index in [4.69, 9.17) is 10.9 Å². The molecule has 1 rings (SSSR count). The van der Waals surface area contributed by atoms with Crippen LogP contribution in [0.3, 0.4) is 0 Å². The van der Waals surface area contributed by atoms with Crippen LogP contribution in [-0.2, 0) is 22.2 Å². The van der Waals surface area contributed by atoms with Gasteiger partial charge in [-0.25, -0.2) is 9.87 Å². The molecule has 6 nitrogen and oxygen atoms in total. The third-order valence-electron chi connectivity index (χ3n) is 4.53. The van der Waals surface area contributed by atoms with Crippen LogP contribution in [0.5, 0.6) is 0 Å². The van der Waals surface area contributed by atoms with Crippen molar-refractivity contribution in [1.82, 2.24) is 5.48 Å². The molecule has 3 atom stereocenters. The molecule has 28 heavy (non-hydrogen) atoms. The van der Waals surface area contributed by atoms with E-state index >= 15 is 0 Å². The summed E-state index contributed by atoms with van der Waals surface area (Å²) >= 11 is 0. The molecule has 1 aromatic carbocycles. The Morgan fingerprint density at radius 3 is 2.39 bits per heavy atom. The van der Waals surface area contributed by atoms with Crippen LogP contribution in [0.1, 0.15) is 43.7 Å². The van der Waals surface area contributed by atoms with E-state index in [1.165, 1.54) is 17.6 Å². The lowest BCUT2D eigenvalue weighted by Crippen LogP contribution is -2.38. The number of benzene rings is 1. The number of aliphatic hydroxyl groups excluding tert-OH is 1. The van der Waals surface area contributed by atoms with Crippen LogP contribution in [0.4, 0.5) is 17.6 Å². The lowest BCUT2D eigenvalue weighted by molar-refractivity contribution is -0.137. The van der Waals surface area contributed by atoms with Crippen molar-refractivity contribution in [3.63, 3.8) is 0 Å². The number of rotatable bonds is 10. The first kappa shape index (κ1) is 23.8. The summed E-state index contributed by atoms with van der Waals surface area (Å²) in [6.07, 6.45) is -6.10. The molecule has 0 heterocycles. The van der Waals surface area contributed by atoms with Gasteiger partial charge in [-0.1, -0.05) is 18.2 Å². The molecule has 158 valence electrons. The van der Waals surface area contributed by atoms with Crippen LogP contribution in [0.15, 0.2) is 24.3 Å². The van der Waals surface area contributed by atoms with E-state index in [9.17, 15) is 32.3 Å². The van der Waals surface area contributed by atoms with Crippen molar-refractivity contribution in [3.05, 3.63) is 35.4 Å². The number of amides is 2. The van der Waals surface area contributed by atoms with Crippen molar-refractivity contribution in [2.75, 3.05) is 0 Å². The van der Waals surface area contributed by atoms with E-state index in [2.05, 4.69) is 0 Å². The second-order valence-electron chi connectivity index (χ2n) is 6.90. The minimum Gasteiger partial charge on any atom is -0.393 e. The highest BCUT2D eigenvalue weighted by Crippen LogP contribution is 2.30. The first-order valence-corrected chi connectivity index (χ1v) is 8.63. The van der Waals surface area contributed by atoms with Gasteiger partial charge in [0, 0.05) is 5.92 Å². The zero-order valence-corrected chi connectivity index (χ0v) is 15.3. The van der Waals surface area contributed by atoms with Gasteiger partial charge in [0.05, 0.1) is 11.7 Å². The van der Waals surface area contributed by atoms with Crippen molar-refractivity contribution in [2.24, 2.45) is 11.7 Å². The summed E-state index contributed by atoms with van der Waals surface area (Å²) < 4.78 is 52.1. The molecule has 0 spiro atoms. The number of aliphatic hydroxyl groups is 1. The lowest BCUT2D eigenvalue weighted by Gasteiger charge is -2.22. The van der Waals surface area contributed by atoms with Crippen LogP contribution >= 0.6 is 0 Å². The average Bonchev–Trinajstić information content (AvgIpc) is 2.62. The van der Waals surface area contributed by atoms with E-state index in [0.29, 0.717) is 5.56 Å². The van der Waals surface area contributed by atoms with Crippen LogP contribution in [0, 0.1) is 5.92 Å². The van der Waals surface area contributed by atoms with Gasteiger partial charge in [0.25, 0.3) is 5.91 Å². The summed E-state index contributed by atoms with van der Waals surface area (Å²) in [4.78, 5) is 22.7. The summed E-state index contributed by atoms with van der Waals surface area (Å²) in [5.74, 6) is -3.06. The second kappa shape index (κ2) is 9.83. The maximum atomic E-state index is 14.0. The third kappa shape index (κ3) is 7.43. The molecule has 0 saturated carbocycles. The Bertz CT molecular complexity index is 680. The van der Waals surface area contributed by atoms with Crippen molar-refractivity contribution in [1.29, 1.82) is 0 Å². The van der Waals surface area contributed by atoms with Gasteiger partial charge in [0.15, 0.2) is 5.67 Å². The van der Waals surface area contributed by atoms with Gasteiger partial charge in [-0.2, -0.15) is 13.2 Å². The Kier molecular flexibility index (Phi) is 8.37. The molecule has 0 fully saturated rings. The number of hydrogen-bond donors (Lipinski definition) is 4. The van der Waals surface area contributed by atoms with Crippen molar-refractivity contribution >= 4 is 11.8 Å². The van der Waals surface area contributed by atoms with Crippen molar-refractivity contribution in [2.45, 2.75) is 57.0 Å². The summed E-state index contributed by atoms with van der Waals surface area (Å²) in [5, 5.41) is 18.9. The number of hydrogen-bond acceptors (Lipinski definition) is 4. The van der Waals surface area contributed by atoms with E-state index in [-0.39, 0.29) is 32.1 Å². The fraction of sp³-hybridized carbons (Fsp3) is 0.556. The highest BCUT2D eigenvalue weighted by atomic mass is 19.4. The van der Waals surface area contributed by atoms with Gasteiger partial charge in [-0.3, -0.25) is 14.8 Å². The molecule has 0 bridgehead atoms. The number of nitrogens with two attached hydrogens (primary N) is 1. The molecule has 0 aliphatic heterocycles. The van der Waals surface area contributed by atoms with E-state index in [1.807, 2.05) is 0 Å². The molecular formula is C18H24F4N2O4. The van der Waals surface area contributed by atoms with E-state index in [0.717, 1.165) is 19.1 Å². The number of nitrogens with one attached hydrogen (secondary N) is 1. The topological polar surface area (TPSA) is 113 Å². The molecule has 10 heteroatoms. The van der Waals surface area contributed by atoms with Crippen LogP contribution in [-0.4, -0.2) is 33.9 Å². The molecule has 2 amide bonds. The fourth-order valence-corrected chi connectivity index (χ4v) is 2.70. The maximum Gasteiger partial charge on any atom is 0.416 e. The number of halogens is 4. The molecular weight excluding hydrogens is 384 g/mol. The van der Waals surface area contributed by atoms with Gasteiger partial charge in [-0.15, -0.1) is 0 Å². The first-order valence-electron chi connectivity index (χ1n) is 8.63. The number of aryl methyl sites for hydroxylation is 1. The molecule has 5 N–H and O–H groups in total. The monoisotopic (exact) mass is 408 g/mol. The van der Waals surface area contributed by atoms with Gasteiger partial charge >= 0.3 is 6.18 Å². The predicted molar refractivity (Wildman–Crippen MR) is 91.7 cm³/mol. The number of carbonyl (C=O) groups is 2. The normalized spacial score (nSPS) is 16.1. The molecule has 3 unspecified atom stereocenters. The predicted octanol–water partition coefficient (Wildman–Crippen LogP) is 2.50. The SMILES string of the molecule is CC(F)(CCC(CC(O)CCc1cccc(C(F)(F)F)c1)C(=O)NO)C(N)=O. The summed E-state index contributed by atoms with van der Waals surface area (Å²) in [7, 11) is 0.